The van der Waals surface area contributed by atoms with Gasteiger partial charge >= 0.3 is 0 Å². The monoisotopic (exact) mass is 386 g/mol. The standard InChI is InChI=1S/C22H30N2O4/c1-27-19-9-8-16(12-20(19)28-2)10-11-24-15-18(13-21(24)25)22(26)23-14-17-6-4-3-5-7-17/h3-4,8-9,12,17-18H,5-7,10-11,13-15H2,1-2H3,(H,23,26). The number of hydrogen-bond donors (Lipinski definition) is 1. The number of methoxy groups -OCH3 is 2. The Morgan fingerprint density at radius 1 is 1.21 bits per heavy atom. The summed E-state index contributed by atoms with van der Waals surface area (Å²) in [4.78, 5) is 26.6. The van der Waals surface area contributed by atoms with E-state index in [1.807, 2.05) is 18.2 Å². The van der Waals surface area contributed by atoms with Crippen LogP contribution in [0.2, 0.25) is 0 Å². The lowest BCUT2D eigenvalue weighted by molar-refractivity contribution is -0.129. The van der Waals surface area contributed by atoms with Gasteiger partial charge in [0.25, 0.3) is 0 Å². The highest BCUT2D eigenvalue weighted by Crippen LogP contribution is 2.28. The molecule has 6 nitrogen and oxygen atoms in total. The second-order valence-electron chi connectivity index (χ2n) is 7.58. The van der Waals surface area contributed by atoms with E-state index in [-0.39, 0.29) is 17.7 Å². The van der Waals surface area contributed by atoms with Crippen molar-refractivity contribution in [1.29, 1.82) is 0 Å². The summed E-state index contributed by atoms with van der Waals surface area (Å²) >= 11 is 0. The number of nitrogens with one attached hydrogen (secondary N) is 1. The van der Waals surface area contributed by atoms with Crippen molar-refractivity contribution >= 4 is 11.8 Å². The number of likely N-dealkylation sites (tertiary alicyclic amines) is 1. The van der Waals surface area contributed by atoms with E-state index in [1.54, 1.807) is 19.1 Å². The zero-order chi connectivity index (χ0) is 19.9. The molecule has 2 unspecified atom stereocenters. The summed E-state index contributed by atoms with van der Waals surface area (Å²) in [5.74, 6) is 1.72. The van der Waals surface area contributed by atoms with Gasteiger partial charge in [-0.25, -0.2) is 0 Å². The molecule has 0 bridgehead atoms. The molecule has 6 heteroatoms. The van der Waals surface area contributed by atoms with Gasteiger partial charge in [0.15, 0.2) is 11.5 Å². The highest BCUT2D eigenvalue weighted by Gasteiger charge is 2.34. The topological polar surface area (TPSA) is 67.9 Å². The maximum atomic E-state index is 12.5. The minimum atomic E-state index is -0.239. The van der Waals surface area contributed by atoms with Gasteiger partial charge in [-0.15, -0.1) is 0 Å². The van der Waals surface area contributed by atoms with Crippen LogP contribution in [0.5, 0.6) is 11.5 Å². The van der Waals surface area contributed by atoms with Crippen molar-refractivity contribution in [3.63, 3.8) is 0 Å². The molecule has 1 aliphatic heterocycles. The minimum absolute atomic E-state index is 0.0107. The SMILES string of the molecule is COc1ccc(CCN2CC(C(=O)NCC3CC=CCC3)CC2=O)cc1OC. The number of hydrogen-bond acceptors (Lipinski definition) is 4. The molecule has 1 fully saturated rings. The Labute approximate surface area is 166 Å². The Morgan fingerprint density at radius 2 is 2.04 bits per heavy atom. The van der Waals surface area contributed by atoms with E-state index in [4.69, 9.17) is 9.47 Å². The van der Waals surface area contributed by atoms with Crippen LogP contribution in [0.25, 0.3) is 0 Å². The number of carbonyl (C=O) groups is 2. The van der Waals surface area contributed by atoms with Crippen LogP contribution in [0.1, 0.15) is 31.2 Å². The van der Waals surface area contributed by atoms with E-state index < -0.39 is 0 Å². The molecule has 1 aromatic rings. The zero-order valence-corrected chi connectivity index (χ0v) is 16.8. The van der Waals surface area contributed by atoms with Crippen molar-refractivity contribution in [3.05, 3.63) is 35.9 Å². The molecule has 1 N–H and O–H groups in total. The molecule has 3 rings (SSSR count). The van der Waals surface area contributed by atoms with Crippen LogP contribution in [0.4, 0.5) is 0 Å². The van der Waals surface area contributed by atoms with Gasteiger partial charge in [0.1, 0.15) is 0 Å². The molecule has 152 valence electrons. The highest BCUT2D eigenvalue weighted by atomic mass is 16.5. The number of ether oxygens (including phenoxy) is 2. The summed E-state index contributed by atoms with van der Waals surface area (Å²) in [6, 6.07) is 5.78. The molecule has 2 amide bonds. The second-order valence-corrected chi connectivity index (χ2v) is 7.58. The summed E-state index contributed by atoms with van der Waals surface area (Å²) in [7, 11) is 3.22. The first-order valence-corrected chi connectivity index (χ1v) is 10.0. The summed E-state index contributed by atoms with van der Waals surface area (Å²) in [5, 5.41) is 3.05. The predicted octanol–water partition coefficient (Wildman–Crippen LogP) is 2.57. The summed E-state index contributed by atoms with van der Waals surface area (Å²) < 4.78 is 10.6. The van der Waals surface area contributed by atoms with Crippen molar-refractivity contribution in [2.24, 2.45) is 11.8 Å². The maximum absolute atomic E-state index is 12.5. The first kappa shape index (κ1) is 20.2. The van der Waals surface area contributed by atoms with Crippen molar-refractivity contribution < 1.29 is 19.1 Å². The molecule has 28 heavy (non-hydrogen) atoms. The molecule has 1 aromatic carbocycles. The van der Waals surface area contributed by atoms with Crippen LogP contribution in [-0.2, 0) is 16.0 Å². The smallest absolute Gasteiger partial charge is 0.225 e. The lowest BCUT2D eigenvalue weighted by Gasteiger charge is -2.20. The van der Waals surface area contributed by atoms with Crippen LogP contribution in [0.15, 0.2) is 30.4 Å². The van der Waals surface area contributed by atoms with Gasteiger partial charge < -0.3 is 19.7 Å². The van der Waals surface area contributed by atoms with Crippen molar-refractivity contribution in [2.75, 3.05) is 33.9 Å². The molecule has 1 heterocycles. The van der Waals surface area contributed by atoms with Crippen molar-refractivity contribution in [1.82, 2.24) is 10.2 Å². The molecular weight excluding hydrogens is 356 g/mol. The third-order valence-electron chi connectivity index (χ3n) is 5.65. The maximum Gasteiger partial charge on any atom is 0.225 e. The van der Waals surface area contributed by atoms with Crippen LogP contribution in [-0.4, -0.2) is 50.6 Å². The minimum Gasteiger partial charge on any atom is -0.493 e. The third kappa shape index (κ3) is 5.06. The fourth-order valence-electron chi connectivity index (χ4n) is 3.90. The van der Waals surface area contributed by atoms with Gasteiger partial charge in [0.2, 0.25) is 11.8 Å². The molecule has 1 saturated heterocycles. The van der Waals surface area contributed by atoms with E-state index in [0.717, 1.165) is 31.2 Å². The molecule has 2 atom stereocenters. The Balaban J connectivity index is 1.47. The number of carbonyl (C=O) groups excluding carboxylic acids is 2. The number of allylic oxidation sites excluding steroid dienone is 2. The number of amides is 2. The molecule has 0 spiro atoms. The first-order valence-electron chi connectivity index (χ1n) is 10.0. The van der Waals surface area contributed by atoms with E-state index in [9.17, 15) is 9.59 Å². The van der Waals surface area contributed by atoms with Gasteiger partial charge in [0, 0.05) is 26.1 Å². The van der Waals surface area contributed by atoms with E-state index in [1.165, 1.54) is 0 Å². The van der Waals surface area contributed by atoms with Crippen molar-refractivity contribution in [2.45, 2.75) is 32.1 Å². The summed E-state index contributed by atoms with van der Waals surface area (Å²) in [6.07, 6.45) is 8.66. The predicted molar refractivity (Wildman–Crippen MR) is 107 cm³/mol. The average Bonchev–Trinajstić information content (AvgIpc) is 3.11. The van der Waals surface area contributed by atoms with Crippen molar-refractivity contribution in [3.8, 4) is 11.5 Å². The van der Waals surface area contributed by atoms with E-state index in [2.05, 4.69) is 17.5 Å². The lowest BCUT2D eigenvalue weighted by Crippen LogP contribution is -2.36. The third-order valence-corrected chi connectivity index (χ3v) is 5.65. The zero-order valence-electron chi connectivity index (χ0n) is 16.8. The number of rotatable bonds is 8. The fraction of sp³-hybridized carbons (Fsp3) is 0.545. The average molecular weight is 386 g/mol. The van der Waals surface area contributed by atoms with Crippen LogP contribution >= 0.6 is 0 Å². The van der Waals surface area contributed by atoms with E-state index >= 15 is 0 Å². The Hall–Kier alpha value is -2.50. The molecule has 2 aliphatic rings. The normalized spacial score (nSPS) is 21.6. The van der Waals surface area contributed by atoms with Crippen LogP contribution in [0, 0.1) is 11.8 Å². The molecule has 0 aromatic heterocycles. The number of benzene rings is 1. The number of nitrogens with zero attached hydrogens (tertiary/aromatic N) is 1. The van der Waals surface area contributed by atoms with Crippen LogP contribution < -0.4 is 14.8 Å². The largest absolute Gasteiger partial charge is 0.493 e. The second kappa shape index (κ2) is 9.62. The summed E-state index contributed by atoms with van der Waals surface area (Å²) in [6.45, 7) is 1.81. The lowest BCUT2D eigenvalue weighted by atomic mass is 9.94. The first-order chi connectivity index (χ1) is 13.6. The van der Waals surface area contributed by atoms with Gasteiger partial charge in [0.05, 0.1) is 20.1 Å². The van der Waals surface area contributed by atoms with Gasteiger partial charge in [-0.3, -0.25) is 9.59 Å². The molecule has 1 aliphatic carbocycles. The van der Waals surface area contributed by atoms with E-state index in [0.29, 0.717) is 43.5 Å². The summed E-state index contributed by atoms with van der Waals surface area (Å²) in [5.41, 5.74) is 1.07. The fourth-order valence-corrected chi connectivity index (χ4v) is 3.90. The molecule has 0 saturated carbocycles. The molecule has 0 radical (unpaired) electrons. The molecular formula is C22H30N2O4. The highest BCUT2D eigenvalue weighted by molar-refractivity contribution is 5.89. The Morgan fingerprint density at radius 3 is 2.75 bits per heavy atom. The van der Waals surface area contributed by atoms with Gasteiger partial charge in [-0.1, -0.05) is 18.2 Å². The quantitative estimate of drug-likeness (QED) is 0.698. The van der Waals surface area contributed by atoms with Gasteiger partial charge in [-0.2, -0.15) is 0 Å². The van der Waals surface area contributed by atoms with Crippen LogP contribution in [0.3, 0.4) is 0 Å². The van der Waals surface area contributed by atoms with Gasteiger partial charge in [-0.05, 0) is 49.3 Å². The Bertz CT molecular complexity index is 731. The Kier molecular flexibility index (Phi) is 6.95.